The van der Waals surface area contributed by atoms with E-state index in [1.165, 1.54) is 0 Å². The van der Waals surface area contributed by atoms with Gasteiger partial charge in [0.1, 0.15) is 11.5 Å². The topological polar surface area (TPSA) is 60.0 Å². The maximum atomic E-state index is 12.3. The van der Waals surface area contributed by atoms with Gasteiger partial charge in [0.15, 0.2) is 0 Å². The maximum absolute atomic E-state index is 12.3. The Morgan fingerprint density at radius 2 is 1.63 bits per heavy atom. The number of morpholine rings is 1. The summed E-state index contributed by atoms with van der Waals surface area (Å²) in [6, 6.07) is 13.8. The number of hydrogen-bond acceptors (Lipinski definition) is 5. The van der Waals surface area contributed by atoms with Crippen molar-refractivity contribution in [3.63, 3.8) is 0 Å². The van der Waals surface area contributed by atoms with E-state index in [0.29, 0.717) is 39.3 Å². The molecule has 0 aromatic heterocycles. The molecule has 0 bridgehead atoms. The van der Waals surface area contributed by atoms with E-state index in [0.717, 1.165) is 28.3 Å². The highest BCUT2D eigenvalue weighted by Crippen LogP contribution is 2.23. The van der Waals surface area contributed by atoms with Gasteiger partial charge in [-0.2, -0.15) is 0 Å². The standard InChI is InChI=1S/C21H26N2O4/c1-25-19-11-17(12-20(14-19)26-2)15-22-18-5-3-16(4-6-18)13-21(24)23-7-9-27-10-8-23/h3-6,11-12,14,22H,7-10,13,15H2,1-2H3. The zero-order chi connectivity index (χ0) is 19.1. The Balaban J connectivity index is 1.55. The second kappa shape index (κ2) is 9.28. The van der Waals surface area contributed by atoms with Crippen molar-refractivity contribution in [2.75, 3.05) is 45.8 Å². The van der Waals surface area contributed by atoms with Crippen LogP contribution in [0, 0.1) is 0 Å². The smallest absolute Gasteiger partial charge is 0.227 e. The van der Waals surface area contributed by atoms with Crippen molar-refractivity contribution >= 4 is 11.6 Å². The lowest BCUT2D eigenvalue weighted by Gasteiger charge is -2.26. The van der Waals surface area contributed by atoms with Crippen molar-refractivity contribution in [2.24, 2.45) is 0 Å². The van der Waals surface area contributed by atoms with E-state index in [1.807, 2.05) is 47.4 Å². The Morgan fingerprint density at radius 1 is 1.00 bits per heavy atom. The summed E-state index contributed by atoms with van der Waals surface area (Å²) in [6.07, 6.45) is 0.424. The van der Waals surface area contributed by atoms with Crippen molar-refractivity contribution < 1.29 is 19.0 Å². The van der Waals surface area contributed by atoms with Crippen LogP contribution >= 0.6 is 0 Å². The van der Waals surface area contributed by atoms with Crippen molar-refractivity contribution in [1.29, 1.82) is 0 Å². The summed E-state index contributed by atoms with van der Waals surface area (Å²) in [7, 11) is 3.28. The third-order valence-corrected chi connectivity index (χ3v) is 4.58. The lowest BCUT2D eigenvalue weighted by Crippen LogP contribution is -2.41. The second-order valence-corrected chi connectivity index (χ2v) is 6.44. The molecule has 0 radical (unpaired) electrons. The van der Waals surface area contributed by atoms with Crippen LogP contribution in [0.1, 0.15) is 11.1 Å². The number of rotatable bonds is 7. The van der Waals surface area contributed by atoms with Crippen LogP contribution in [0.2, 0.25) is 0 Å². The molecule has 3 rings (SSSR count). The molecular formula is C21H26N2O4. The van der Waals surface area contributed by atoms with Crippen LogP contribution in [-0.2, 0) is 22.5 Å². The van der Waals surface area contributed by atoms with Gasteiger partial charge in [-0.1, -0.05) is 12.1 Å². The number of nitrogens with zero attached hydrogens (tertiary/aromatic N) is 1. The summed E-state index contributed by atoms with van der Waals surface area (Å²) in [6.45, 7) is 3.28. The first kappa shape index (κ1) is 19.0. The molecule has 6 nitrogen and oxygen atoms in total. The largest absolute Gasteiger partial charge is 0.497 e. The molecule has 1 amide bonds. The monoisotopic (exact) mass is 370 g/mol. The van der Waals surface area contributed by atoms with E-state index < -0.39 is 0 Å². The summed E-state index contributed by atoms with van der Waals surface area (Å²) in [4.78, 5) is 14.2. The number of benzene rings is 2. The van der Waals surface area contributed by atoms with Gasteiger partial charge in [-0.15, -0.1) is 0 Å². The van der Waals surface area contributed by atoms with Gasteiger partial charge in [-0.3, -0.25) is 4.79 Å². The summed E-state index contributed by atoms with van der Waals surface area (Å²) >= 11 is 0. The SMILES string of the molecule is COc1cc(CNc2ccc(CC(=O)N3CCOCC3)cc2)cc(OC)c1. The van der Waals surface area contributed by atoms with Crippen molar-refractivity contribution in [2.45, 2.75) is 13.0 Å². The van der Waals surface area contributed by atoms with E-state index in [1.54, 1.807) is 14.2 Å². The summed E-state index contributed by atoms with van der Waals surface area (Å²) in [5.74, 6) is 1.69. The molecule has 27 heavy (non-hydrogen) atoms. The van der Waals surface area contributed by atoms with Crippen molar-refractivity contribution in [3.8, 4) is 11.5 Å². The van der Waals surface area contributed by atoms with E-state index >= 15 is 0 Å². The first-order chi connectivity index (χ1) is 13.2. The molecule has 2 aromatic carbocycles. The number of amides is 1. The third-order valence-electron chi connectivity index (χ3n) is 4.58. The zero-order valence-corrected chi connectivity index (χ0v) is 15.9. The number of carbonyl (C=O) groups is 1. The number of methoxy groups -OCH3 is 2. The lowest BCUT2D eigenvalue weighted by molar-refractivity contribution is -0.134. The summed E-state index contributed by atoms with van der Waals surface area (Å²) in [5, 5.41) is 3.38. The Kier molecular flexibility index (Phi) is 6.54. The zero-order valence-electron chi connectivity index (χ0n) is 15.9. The third kappa shape index (κ3) is 5.37. The van der Waals surface area contributed by atoms with Crippen LogP contribution < -0.4 is 14.8 Å². The minimum atomic E-state index is 0.155. The Hall–Kier alpha value is -2.73. The van der Waals surface area contributed by atoms with Crippen LogP contribution in [-0.4, -0.2) is 51.3 Å². The van der Waals surface area contributed by atoms with E-state index in [-0.39, 0.29) is 5.91 Å². The predicted octanol–water partition coefficient (Wildman–Crippen LogP) is 2.72. The first-order valence-corrected chi connectivity index (χ1v) is 9.08. The maximum Gasteiger partial charge on any atom is 0.227 e. The molecule has 144 valence electrons. The van der Waals surface area contributed by atoms with Gasteiger partial charge in [-0.25, -0.2) is 0 Å². The number of carbonyl (C=O) groups excluding carboxylic acids is 1. The second-order valence-electron chi connectivity index (χ2n) is 6.44. The molecule has 1 aliphatic heterocycles. The average Bonchev–Trinajstić information content (AvgIpc) is 2.73. The number of hydrogen-bond donors (Lipinski definition) is 1. The summed E-state index contributed by atoms with van der Waals surface area (Å²) < 4.78 is 15.9. The molecule has 2 aromatic rings. The molecular weight excluding hydrogens is 344 g/mol. The Morgan fingerprint density at radius 3 is 2.22 bits per heavy atom. The number of nitrogens with one attached hydrogen (secondary N) is 1. The highest BCUT2D eigenvalue weighted by atomic mass is 16.5. The molecule has 6 heteroatoms. The van der Waals surface area contributed by atoms with Crippen molar-refractivity contribution in [3.05, 3.63) is 53.6 Å². The van der Waals surface area contributed by atoms with Gasteiger partial charge in [-0.05, 0) is 35.4 Å². The fraction of sp³-hybridized carbons (Fsp3) is 0.381. The molecule has 1 fully saturated rings. The molecule has 1 heterocycles. The minimum absolute atomic E-state index is 0.155. The first-order valence-electron chi connectivity index (χ1n) is 9.08. The highest BCUT2D eigenvalue weighted by Gasteiger charge is 2.16. The van der Waals surface area contributed by atoms with Gasteiger partial charge in [0.2, 0.25) is 5.91 Å². The van der Waals surface area contributed by atoms with E-state index in [2.05, 4.69) is 5.32 Å². The molecule has 0 saturated carbocycles. The van der Waals surface area contributed by atoms with Crippen molar-refractivity contribution in [1.82, 2.24) is 4.90 Å². The molecule has 0 unspecified atom stereocenters. The molecule has 0 aliphatic carbocycles. The Bertz CT molecular complexity index is 733. The van der Waals surface area contributed by atoms with E-state index in [4.69, 9.17) is 14.2 Å². The van der Waals surface area contributed by atoms with Gasteiger partial charge in [0.25, 0.3) is 0 Å². The number of anilines is 1. The molecule has 1 saturated heterocycles. The van der Waals surface area contributed by atoms with Crippen LogP contribution in [0.3, 0.4) is 0 Å². The molecule has 0 atom stereocenters. The van der Waals surface area contributed by atoms with Gasteiger partial charge in [0, 0.05) is 31.4 Å². The van der Waals surface area contributed by atoms with Gasteiger partial charge in [0.05, 0.1) is 33.9 Å². The summed E-state index contributed by atoms with van der Waals surface area (Å²) in [5.41, 5.74) is 3.08. The Labute approximate surface area is 160 Å². The van der Waals surface area contributed by atoms with Gasteiger partial charge < -0.3 is 24.4 Å². The normalized spacial score (nSPS) is 13.9. The quantitative estimate of drug-likeness (QED) is 0.812. The molecule has 0 spiro atoms. The number of ether oxygens (including phenoxy) is 3. The highest BCUT2D eigenvalue weighted by molar-refractivity contribution is 5.79. The fourth-order valence-corrected chi connectivity index (χ4v) is 3.01. The van der Waals surface area contributed by atoms with Crippen LogP contribution in [0.15, 0.2) is 42.5 Å². The van der Waals surface area contributed by atoms with Crippen LogP contribution in [0.5, 0.6) is 11.5 Å². The van der Waals surface area contributed by atoms with Gasteiger partial charge >= 0.3 is 0 Å². The fourth-order valence-electron chi connectivity index (χ4n) is 3.01. The predicted molar refractivity (Wildman–Crippen MR) is 104 cm³/mol. The molecule has 1 aliphatic rings. The minimum Gasteiger partial charge on any atom is -0.497 e. The van der Waals surface area contributed by atoms with E-state index in [9.17, 15) is 4.79 Å². The van der Waals surface area contributed by atoms with Crippen LogP contribution in [0.25, 0.3) is 0 Å². The van der Waals surface area contributed by atoms with Crippen LogP contribution in [0.4, 0.5) is 5.69 Å². The average molecular weight is 370 g/mol. The molecule has 1 N–H and O–H groups in total. The lowest BCUT2D eigenvalue weighted by atomic mass is 10.1.